The molecule has 2 unspecified atom stereocenters. The van der Waals surface area contributed by atoms with Crippen molar-refractivity contribution in [3.8, 4) is 0 Å². The van der Waals surface area contributed by atoms with Crippen LogP contribution < -0.4 is 0 Å². The summed E-state index contributed by atoms with van der Waals surface area (Å²) in [6.45, 7) is 15.9. The third-order valence-electron chi connectivity index (χ3n) is 13.2. The van der Waals surface area contributed by atoms with Crippen molar-refractivity contribution in [3.63, 3.8) is 0 Å². The van der Waals surface area contributed by atoms with Gasteiger partial charge in [-0.05, 0) is 109 Å². The Morgan fingerprint density at radius 3 is 2.26 bits per heavy atom. The molecule has 0 radical (unpaired) electrons. The van der Waals surface area contributed by atoms with Crippen molar-refractivity contribution in [2.45, 2.75) is 98.8 Å². The van der Waals surface area contributed by atoms with Crippen LogP contribution in [0.5, 0.6) is 0 Å². The number of hydrogen-bond donors (Lipinski definition) is 1. The summed E-state index contributed by atoms with van der Waals surface area (Å²) in [5, 5.41) is 10.5. The molecular formula is C30H44O4. The Labute approximate surface area is 205 Å². The van der Waals surface area contributed by atoms with Gasteiger partial charge in [0.05, 0.1) is 5.41 Å². The lowest BCUT2D eigenvalue weighted by Gasteiger charge is -2.72. The van der Waals surface area contributed by atoms with Crippen molar-refractivity contribution in [2.75, 3.05) is 0 Å². The van der Waals surface area contributed by atoms with Crippen molar-refractivity contribution >= 4 is 18.0 Å². The zero-order chi connectivity index (χ0) is 24.9. The van der Waals surface area contributed by atoms with Crippen LogP contribution in [-0.2, 0) is 14.4 Å². The highest BCUT2D eigenvalue weighted by Gasteiger charge is 2.72. The number of ketones is 1. The van der Waals surface area contributed by atoms with Crippen molar-refractivity contribution in [3.05, 3.63) is 12.2 Å². The van der Waals surface area contributed by atoms with Crippen LogP contribution in [0.1, 0.15) is 98.8 Å². The molecule has 0 spiro atoms. The fourth-order valence-corrected chi connectivity index (χ4v) is 11.3. The van der Waals surface area contributed by atoms with E-state index in [-0.39, 0.29) is 33.5 Å². The lowest BCUT2D eigenvalue weighted by molar-refractivity contribution is -0.235. The van der Waals surface area contributed by atoms with Gasteiger partial charge in [-0.15, -0.1) is 0 Å². The molecule has 0 heterocycles. The van der Waals surface area contributed by atoms with E-state index < -0.39 is 11.4 Å². The molecule has 5 rings (SSSR count). The van der Waals surface area contributed by atoms with E-state index >= 15 is 0 Å². The average molecular weight is 469 g/mol. The summed E-state index contributed by atoms with van der Waals surface area (Å²) in [4.78, 5) is 37.4. The van der Waals surface area contributed by atoms with Gasteiger partial charge in [0.1, 0.15) is 12.1 Å². The minimum atomic E-state index is -0.704. The Kier molecular flexibility index (Phi) is 5.20. The van der Waals surface area contributed by atoms with Crippen LogP contribution in [0.4, 0.5) is 0 Å². The van der Waals surface area contributed by atoms with Crippen LogP contribution in [0, 0.1) is 56.7 Å². The highest BCUT2D eigenvalue weighted by atomic mass is 16.4. The molecule has 5 fully saturated rings. The third-order valence-corrected chi connectivity index (χ3v) is 13.2. The van der Waals surface area contributed by atoms with Gasteiger partial charge in [-0.2, -0.15) is 0 Å². The Balaban J connectivity index is 1.57. The van der Waals surface area contributed by atoms with Gasteiger partial charge in [-0.3, -0.25) is 14.4 Å². The summed E-state index contributed by atoms with van der Waals surface area (Å²) in [5.74, 6) is 1.07. The monoisotopic (exact) mass is 468 g/mol. The van der Waals surface area contributed by atoms with Crippen LogP contribution >= 0.6 is 0 Å². The smallest absolute Gasteiger partial charge is 0.309 e. The molecular weight excluding hydrogens is 424 g/mol. The van der Waals surface area contributed by atoms with E-state index in [1.165, 1.54) is 0 Å². The Morgan fingerprint density at radius 2 is 1.62 bits per heavy atom. The molecule has 188 valence electrons. The molecule has 1 N–H and O–H groups in total. The first-order valence-corrected chi connectivity index (χ1v) is 13.7. The number of fused-ring (bicyclic) bond motifs is 7. The molecule has 0 aromatic heterocycles. The van der Waals surface area contributed by atoms with E-state index in [0.29, 0.717) is 42.0 Å². The van der Waals surface area contributed by atoms with Gasteiger partial charge >= 0.3 is 5.97 Å². The lowest BCUT2D eigenvalue weighted by atomic mass is 9.32. The fraction of sp³-hybridized carbons (Fsp3) is 0.833. The first-order chi connectivity index (χ1) is 15.8. The molecule has 0 aromatic carbocycles. The topological polar surface area (TPSA) is 71.4 Å². The zero-order valence-corrected chi connectivity index (χ0v) is 21.9. The molecule has 5 aliphatic carbocycles. The maximum Gasteiger partial charge on any atom is 0.309 e. The minimum absolute atomic E-state index is 0.00321. The average Bonchev–Trinajstić information content (AvgIpc) is 3.18. The maximum absolute atomic E-state index is 12.9. The Morgan fingerprint density at radius 1 is 0.912 bits per heavy atom. The van der Waals surface area contributed by atoms with Crippen LogP contribution in [-0.4, -0.2) is 23.1 Å². The van der Waals surface area contributed by atoms with Gasteiger partial charge in [-0.25, -0.2) is 0 Å². The zero-order valence-electron chi connectivity index (χ0n) is 21.9. The molecule has 4 heteroatoms. The molecule has 0 aromatic rings. The summed E-state index contributed by atoms with van der Waals surface area (Å²) in [6.07, 6.45) is 10.0. The van der Waals surface area contributed by atoms with Gasteiger partial charge in [0.25, 0.3) is 0 Å². The van der Waals surface area contributed by atoms with E-state index in [9.17, 15) is 19.5 Å². The number of carboxylic acids is 1. The highest BCUT2D eigenvalue weighted by molar-refractivity contribution is 5.85. The molecule has 5 aliphatic rings. The maximum atomic E-state index is 12.9. The molecule has 0 aliphatic heterocycles. The number of carboxylic acid groups (broad SMARTS) is 1. The van der Waals surface area contributed by atoms with E-state index in [0.717, 1.165) is 57.7 Å². The van der Waals surface area contributed by atoms with Crippen LogP contribution in [0.2, 0.25) is 0 Å². The predicted molar refractivity (Wildman–Crippen MR) is 132 cm³/mol. The van der Waals surface area contributed by atoms with Crippen molar-refractivity contribution in [2.24, 2.45) is 56.7 Å². The van der Waals surface area contributed by atoms with Gasteiger partial charge in [-0.1, -0.05) is 41.2 Å². The van der Waals surface area contributed by atoms with Crippen LogP contribution in [0.15, 0.2) is 12.2 Å². The first kappa shape index (κ1) is 24.3. The highest BCUT2D eigenvalue weighted by Crippen LogP contribution is 2.77. The van der Waals surface area contributed by atoms with Gasteiger partial charge in [0, 0.05) is 11.8 Å². The molecule has 0 saturated heterocycles. The lowest BCUT2D eigenvalue weighted by Crippen LogP contribution is -2.66. The molecule has 4 nitrogen and oxygen atoms in total. The molecule has 9 atom stereocenters. The molecule has 0 amide bonds. The quantitative estimate of drug-likeness (QED) is 0.380. The molecule has 34 heavy (non-hydrogen) atoms. The number of carbonyl (C=O) groups is 3. The number of rotatable bonds is 3. The largest absolute Gasteiger partial charge is 0.481 e. The first-order valence-electron chi connectivity index (χ1n) is 13.7. The summed E-state index contributed by atoms with van der Waals surface area (Å²) in [6, 6.07) is 0. The molecule has 0 bridgehead atoms. The minimum Gasteiger partial charge on any atom is -0.481 e. The van der Waals surface area contributed by atoms with Crippen molar-refractivity contribution in [1.29, 1.82) is 0 Å². The molecule has 5 saturated carbocycles. The van der Waals surface area contributed by atoms with E-state index in [1.807, 2.05) is 0 Å². The number of allylic oxidation sites excluding steroid dienone is 1. The fourth-order valence-electron chi connectivity index (χ4n) is 11.3. The number of Topliss-reactive ketones (excluding diaryl/α,β-unsaturated/α-hetero) is 1. The van der Waals surface area contributed by atoms with Gasteiger partial charge < -0.3 is 5.11 Å². The predicted octanol–water partition coefficient (Wildman–Crippen LogP) is 6.48. The second kappa shape index (κ2) is 7.29. The standard InChI is InChI=1S/C30H44O4/c1-18(17-31)19-9-14-30(25(33)34)16-15-28(5)20(24(19)30)7-8-22-27(4)12-11-23(32)26(2,3)21(27)10-13-29(22,28)6/h17,19-22,24H,1,7-16H2,2-6H3,(H,33,34)/t19-,20+,21?,22+,24?,27-,28+,29+,30-/m0/s1. The third kappa shape index (κ3) is 2.69. The number of carbonyl (C=O) groups excluding carboxylic acids is 2. The van der Waals surface area contributed by atoms with E-state index in [2.05, 4.69) is 41.2 Å². The van der Waals surface area contributed by atoms with E-state index in [4.69, 9.17) is 0 Å². The summed E-state index contributed by atoms with van der Waals surface area (Å²) < 4.78 is 0. The SMILES string of the molecule is C=C(C=O)[C@@H]1CC[C@]2(C(=O)O)CC[C@]3(C)[C@H](CC[C@@H]4[C@@]5(C)CCC(=O)C(C)(C)C5CC[C@]43C)C12. The summed E-state index contributed by atoms with van der Waals surface area (Å²) >= 11 is 0. The second-order valence-electron chi connectivity index (χ2n) is 14.1. The van der Waals surface area contributed by atoms with Gasteiger partial charge in [0.2, 0.25) is 0 Å². The van der Waals surface area contributed by atoms with Crippen molar-refractivity contribution < 1.29 is 19.5 Å². The number of hydrogen-bond acceptors (Lipinski definition) is 3. The summed E-state index contributed by atoms with van der Waals surface area (Å²) in [5.41, 5.74) is -0.0307. The van der Waals surface area contributed by atoms with E-state index in [1.54, 1.807) is 0 Å². The van der Waals surface area contributed by atoms with Crippen LogP contribution in [0.25, 0.3) is 0 Å². The Bertz CT molecular complexity index is 949. The Hall–Kier alpha value is -1.45. The normalized spacial score (nSPS) is 51.4. The van der Waals surface area contributed by atoms with Gasteiger partial charge in [0.15, 0.2) is 0 Å². The number of aliphatic carboxylic acids is 1. The van der Waals surface area contributed by atoms with Crippen molar-refractivity contribution in [1.82, 2.24) is 0 Å². The van der Waals surface area contributed by atoms with Crippen LogP contribution in [0.3, 0.4) is 0 Å². The second-order valence-corrected chi connectivity index (χ2v) is 14.1. The summed E-state index contributed by atoms with van der Waals surface area (Å²) in [7, 11) is 0. The number of aldehydes is 1.